The molecule has 17 heavy (non-hydrogen) atoms. The van der Waals surface area contributed by atoms with Crippen LogP contribution in [0.1, 0.15) is 38.5 Å². The highest BCUT2D eigenvalue weighted by Gasteiger charge is 2.12. The number of aliphatic carboxylic acids is 1. The van der Waals surface area contributed by atoms with E-state index in [1.165, 1.54) is 7.11 Å². The molecule has 99 valence electrons. The summed E-state index contributed by atoms with van der Waals surface area (Å²) >= 11 is 0. The second-order valence-corrected chi connectivity index (χ2v) is 3.64. The molecule has 1 unspecified atom stereocenters. The zero-order chi connectivity index (χ0) is 13.1. The van der Waals surface area contributed by atoms with Crippen molar-refractivity contribution in [2.75, 3.05) is 13.7 Å². The fourth-order valence-corrected chi connectivity index (χ4v) is 1.22. The Morgan fingerprint density at radius 2 is 1.82 bits per heavy atom. The van der Waals surface area contributed by atoms with Crippen LogP contribution >= 0.6 is 0 Å². The summed E-state index contributed by atoms with van der Waals surface area (Å²) in [6.45, 7) is 0.290. The van der Waals surface area contributed by atoms with Crippen LogP contribution in [-0.4, -0.2) is 37.1 Å². The van der Waals surface area contributed by atoms with Gasteiger partial charge in [-0.25, -0.2) is 5.11 Å². The van der Waals surface area contributed by atoms with E-state index in [9.17, 15) is 14.7 Å². The lowest BCUT2D eigenvalue weighted by molar-refractivity contribution is -0.168. The molecule has 0 aromatic rings. The topological polar surface area (TPSA) is 92.7 Å². The zero-order valence-electron chi connectivity index (χ0n) is 10.0. The Morgan fingerprint density at radius 3 is 2.41 bits per heavy atom. The van der Waals surface area contributed by atoms with Crippen molar-refractivity contribution in [3.8, 4) is 0 Å². The van der Waals surface area contributed by atoms with Crippen molar-refractivity contribution < 1.29 is 29.3 Å². The Hall–Kier alpha value is -1.14. The summed E-state index contributed by atoms with van der Waals surface area (Å²) in [6.07, 6.45) is 1.47. The first kappa shape index (κ1) is 15.9. The number of carbonyl (C=O) groups is 2. The predicted octanol–water partition coefficient (Wildman–Crippen LogP) is 1.36. The smallest absolute Gasteiger partial charge is 0.310 e. The SMILES string of the molecule is COC(=O)CC([O])OCCCCCCC(=O)O. The lowest BCUT2D eigenvalue weighted by atomic mass is 10.1. The van der Waals surface area contributed by atoms with Crippen LogP contribution < -0.4 is 0 Å². The summed E-state index contributed by atoms with van der Waals surface area (Å²) in [4.78, 5) is 20.9. The Labute approximate surface area is 101 Å². The first-order valence-electron chi connectivity index (χ1n) is 5.62. The number of methoxy groups -OCH3 is 1. The van der Waals surface area contributed by atoms with Crippen LogP contribution in [0.2, 0.25) is 0 Å². The molecule has 1 atom stereocenters. The third kappa shape index (κ3) is 11.1. The molecule has 0 aromatic carbocycles. The van der Waals surface area contributed by atoms with Gasteiger partial charge in [0.25, 0.3) is 0 Å². The van der Waals surface area contributed by atoms with Gasteiger partial charge in [0.1, 0.15) is 0 Å². The molecule has 0 bridgehead atoms. The van der Waals surface area contributed by atoms with Crippen LogP contribution in [0.4, 0.5) is 0 Å². The van der Waals surface area contributed by atoms with E-state index in [0.29, 0.717) is 12.8 Å². The number of hydrogen-bond donors (Lipinski definition) is 1. The van der Waals surface area contributed by atoms with Gasteiger partial charge in [0.2, 0.25) is 6.29 Å². The van der Waals surface area contributed by atoms with Gasteiger partial charge in [-0.1, -0.05) is 12.8 Å². The number of rotatable bonds is 10. The van der Waals surface area contributed by atoms with Gasteiger partial charge in [-0.05, 0) is 12.8 Å². The predicted molar refractivity (Wildman–Crippen MR) is 57.8 cm³/mol. The summed E-state index contributed by atoms with van der Waals surface area (Å²) in [5.41, 5.74) is 0. The molecule has 0 fully saturated rings. The number of ether oxygens (including phenoxy) is 2. The third-order valence-corrected chi connectivity index (χ3v) is 2.15. The second kappa shape index (κ2) is 10.0. The van der Waals surface area contributed by atoms with E-state index in [1.54, 1.807) is 0 Å². The Morgan fingerprint density at radius 1 is 1.18 bits per heavy atom. The minimum atomic E-state index is -1.37. The average Bonchev–Trinajstić information content (AvgIpc) is 2.27. The number of unbranched alkanes of at least 4 members (excludes halogenated alkanes) is 3. The minimum Gasteiger partial charge on any atom is -0.481 e. The van der Waals surface area contributed by atoms with Crippen LogP contribution in [0.25, 0.3) is 0 Å². The van der Waals surface area contributed by atoms with Crippen molar-refractivity contribution in [1.29, 1.82) is 0 Å². The molecule has 0 aliphatic rings. The third-order valence-electron chi connectivity index (χ3n) is 2.15. The molecule has 0 spiro atoms. The number of hydrogen-bond acceptors (Lipinski definition) is 4. The first-order chi connectivity index (χ1) is 8.06. The van der Waals surface area contributed by atoms with Gasteiger partial charge in [-0.2, -0.15) is 0 Å². The van der Waals surface area contributed by atoms with E-state index in [1.807, 2.05) is 0 Å². The molecular formula is C11H19O6. The Bertz CT molecular complexity index is 228. The molecule has 6 nitrogen and oxygen atoms in total. The van der Waals surface area contributed by atoms with Gasteiger partial charge in [0, 0.05) is 13.0 Å². The van der Waals surface area contributed by atoms with Gasteiger partial charge < -0.3 is 14.6 Å². The average molecular weight is 247 g/mol. The molecule has 6 heteroatoms. The number of esters is 1. The maximum absolute atomic E-state index is 11.1. The van der Waals surface area contributed by atoms with Gasteiger partial charge in [-0.3, -0.25) is 9.59 Å². The first-order valence-corrected chi connectivity index (χ1v) is 5.62. The van der Waals surface area contributed by atoms with E-state index in [2.05, 4.69) is 4.74 Å². The number of carbonyl (C=O) groups excluding carboxylic acids is 1. The van der Waals surface area contributed by atoms with Crippen LogP contribution in [0.15, 0.2) is 0 Å². The number of carboxylic acids is 1. The molecule has 0 saturated carbocycles. The van der Waals surface area contributed by atoms with E-state index in [0.717, 1.165) is 12.8 Å². The molecule has 1 N–H and O–H groups in total. The Kier molecular flexibility index (Phi) is 9.37. The second-order valence-electron chi connectivity index (χ2n) is 3.64. The lowest BCUT2D eigenvalue weighted by Gasteiger charge is -2.08. The molecule has 0 heterocycles. The van der Waals surface area contributed by atoms with E-state index < -0.39 is 18.2 Å². The molecule has 0 aliphatic heterocycles. The van der Waals surface area contributed by atoms with Crippen molar-refractivity contribution in [2.24, 2.45) is 0 Å². The van der Waals surface area contributed by atoms with Gasteiger partial charge in [-0.15, -0.1) is 0 Å². The fraction of sp³-hybridized carbons (Fsp3) is 0.818. The molecular weight excluding hydrogens is 228 g/mol. The summed E-state index contributed by atoms with van der Waals surface area (Å²) in [6, 6.07) is 0. The molecule has 1 radical (unpaired) electrons. The zero-order valence-corrected chi connectivity index (χ0v) is 10.0. The van der Waals surface area contributed by atoms with Gasteiger partial charge in [0.05, 0.1) is 13.5 Å². The van der Waals surface area contributed by atoms with E-state index in [4.69, 9.17) is 9.84 Å². The highest BCUT2D eigenvalue weighted by molar-refractivity contribution is 5.69. The molecule has 0 amide bonds. The molecule has 0 rings (SSSR count). The van der Waals surface area contributed by atoms with Crippen molar-refractivity contribution in [3.05, 3.63) is 0 Å². The summed E-state index contributed by atoms with van der Waals surface area (Å²) in [5.74, 6) is -1.37. The molecule has 0 aromatic heterocycles. The maximum atomic E-state index is 11.1. The van der Waals surface area contributed by atoms with E-state index >= 15 is 0 Å². The standard InChI is InChI=1S/C11H19O6/c1-16-10(14)8-11(15)17-7-5-3-2-4-6-9(12)13/h11H,2-8H2,1H3,(H,12,13). The van der Waals surface area contributed by atoms with Crippen molar-refractivity contribution in [2.45, 2.75) is 44.8 Å². The molecule has 0 saturated heterocycles. The maximum Gasteiger partial charge on any atom is 0.310 e. The van der Waals surface area contributed by atoms with Crippen molar-refractivity contribution in [1.82, 2.24) is 0 Å². The lowest BCUT2D eigenvalue weighted by Crippen LogP contribution is -2.17. The van der Waals surface area contributed by atoms with Gasteiger partial charge >= 0.3 is 11.9 Å². The monoisotopic (exact) mass is 247 g/mol. The molecule has 0 aliphatic carbocycles. The fourth-order valence-electron chi connectivity index (χ4n) is 1.22. The van der Waals surface area contributed by atoms with Crippen LogP contribution in [0.3, 0.4) is 0 Å². The van der Waals surface area contributed by atoms with Crippen LogP contribution in [0.5, 0.6) is 0 Å². The normalized spacial score (nSPS) is 12.1. The highest BCUT2D eigenvalue weighted by Crippen LogP contribution is 2.05. The van der Waals surface area contributed by atoms with Gasteiger partial charge in [0.15, 0.2) is 0 Å². The summed E-state index contributed by atoms with van der Waals surface area (Å²) < 4.78 is 9.20. The number of carboxylic acid groups (broad SMARTS) is 1. The Balaban J connectivity index is 3.27. The minimum absolute atomic E-state index is 0.174. The van der Waals surface area contributed by atoms with Crippen LogP contribution in [-0.2, 0) is 24.2 Å². The quantitative estimate of drug-likeness (QED) is 0.357. The van der Waals surface area contributed by atoms with Crippen molar-refractivity contribution >= 4 is 11.9 Å². The largest absolute Gasteiger partial charge is 0.481 e. The summed E-state index contributed by atoms with van der Waals surface area (Å²) in [7, 11) is 1.22. The highest BCUT2D eigenvalue weighted by atomic mass is 16.6. The van der Waals surface area contributed by atoms with E-state index in [-0.39, 0.29) is 19.4 Å². The van der Waals surface area contributed by atoms with Crippen LogP contribution in [0, 0.1) is 0 Å². The summed E-state index contributed by atoms with van der Waals surface area (Å²) in [5, 5.41) is 19.5. The van der Waals surface area contributed by atoms with Crippen molar-refractivity contribution in [3.63, 3.8) is 0 Å².